The molecule has 0 aliphatic heterocycles. The number of benzene rings is 1. The predicted molar refractivity (Wildman–Crippen MR) is 118 cm³/mol. The number of hydrogen-bond acceptors (Lipinski definition) is 6. The normalized spacial score (nSPS) is 12.1. The van der Waals surface area contributed by atoms with Gasteiger partial charge in [-0.25, -0.2) is 9.78 Å². The van der Waals surface area contributed by atoms with Gasteiger partial charge in [0.05, 0.1) is 18.3 Å². The van der Waals surface area contributed by atoms with Crippen LogP contribution >= 0.6 is 46.6 Å². The number of nitrogens with zero attached hydrogens (tertiary/aromatic N) is 2. The van der Waals surface area contributed by atoms with Crippen molar-refractivity contribution in [2.24, 2.45) is 0 Å². The first-order chi connectivity index (χ1) is 14.1. The summed E-state index contributed by atoms with van der Waals surface area (Å²) in [4.78, 5) is 28.4. The Bertz CT molecular complexity index is 898. The van der Waals surface area contributed by atoms with Crippen molar-refractivity contribution in [3.05, 3.63) is 39.8 Å². The Kier molecular flexibility index (Phi) is 9.31. The zero-order valence-electron chi connectivity index (χ0n) is 16.6. The first-order valence-electron chi connectivity index (χ1n) is 9.04. The Morgan fingerprint density at radius 2 is 1.87 bits per heavy atom. The zero-order chi connectivity index (χ0) is 22.4. The monoisotopic (exact) mass is 493 g/mol. The van der Waals surface area contributed by atoms with Crippen molar-refractivity contribution in [2.75, 3.05) is 5.88 Å². The quantitative estimate of drug-likeness (QED) is 0.510. The van der Waals surface area contributed by atoms with Crippen molar-refractivity contribution >= 4 is 58.6 Å². The smallest absolute Gasteiger partial charge is 0.414 e. The fourth-order valence-corrected chi connectivity index (χ4v) is 4.55. The molecule has 0 saturated heterocycles. The number of nitrogens with one attached hydrogen (secondary N) is 1. The van der Waals surface area contributed by atoms with E-state index in [0.717, 1.165) is 15.6 Å². The first kappa shape index (κ1) is 24.8. The maximum atomic E-state index is 11.8. The summed E-state index contributed by atoms with van der Waals surface area (Å²) in [6.45, 7) is 5.67. The fraction of sp³-hybridized carbons (Fsp3) is 0.421. The van der Waals surface area contributed by atoms with Gasteiger partial charge in [-0.3, -0.25) is 10.1 Å². The second-order valence-corrected chi connectivity index (χ2v) is 9.00. The lowest BCUT2D eigenvalue weighted by Crippen LogP contribution is -2.32. The second-order valence-electron chi connectivity index (χ2n) is 6.80. The van der Waals surface area contributed by atoms with E-state index < -0.39 is 18.1 Å². The highest BCUT2D eigenvalue weighted by Crippen LogP contribution is 2.37. The van der Waals surface area contributed by atoms with Gasteiger partial charge in [0.15, 0.2) is 6.61 Å². The lowest BCUT2D eigenvalue weighted by Gasteiger charge is -2.15. The molecule has 2 amide bonds. The van der Waals surface area contributed by atoms with Crippen LogP contribution in [0.15, 0.2) is 28.1 Å². The molecule has 7 nitrogen and oxygen atoms in total. The van der Waals surface area contributed by atoms with Gasteiger partial charge in [-0.1, -0.05) is 48.8 Å². The maximum absolute atomic E-state index is 11.8. The highest BCUT2D eigenvalue weighted by Gasteiger charge is 2.23. The Balaban J connectivity index is 2.38. The number of halogens is 3. The summed E-state index contributed by atoms with van der Waals surface area (Å²) >= 11 is 19.0. The first-order valence-corrected chi connectivity index (χ1v) is 11.1. The van der Waals surface area contributed by atoms with Gasteiger partial charge in [0.2, 0.25) is 5.91 Å². The number of aliphatic hydroxyl groups is 1. The Hall–Kier alpha value is -1.45. The SMILES string of the molecule is CC(O)Cn1c(COC(=O)NC(=O)CCl)nc(C(C)C)c1Sc1cc(Cl)cc(Cl)c1. The summed E-state index contributed by atoms with van der Waals surface area (Å²) in [5.41, 5.74) is 0.771. The van der Waals surface area contributed by atoms with Crippen LogP contribution in [0.25, 0.3) is 0 Å². The van der Waals surface area contributed by atoms with E-state index in [1.165, 1.54) is 11.8 Å². The molecule has 164 valence electrons. The van der Waals surface area contributed by atoms with E-state index in [0.29, 0.717) is 15.9 Å². The summed E-state index contributed by atoms with van der Waals surface area (Å²) in [7, 11) is 0. The topological polar surface area (TPSA) is 93.5 Å². The van der Waals surface area contributed by atoms with Gasteiger partial charge in [-0.05, 0) is 31.0 Å². The Labute approximate surface area is 194 Å². The lowest BCUT2D eigenvalue weighted by atomic mass is 10.1. The minimum Gasteiger partial charge on any atom is -0.441 e. The van der Waals surface area contributed by atoms with Crippen LogP contribution in [0.3, 0.4) is 0 Å². The fourth-order valence-electron chi connectivity index (χ4n) is 2.56. The Morgan fingerprint density at radius 1 is 1.23 bits per heavy atom. The molecule has 11 heteroatoms. The molecule has 1 unspecified atom stereocenters. The van der Waals surface area contributed by atoms with E-state index in [2.05, 4.69) is 4.98 Å². The summed E-state index contributed by atoms with van der Waals surface area (Å²) in [5.74, 6) is -0.524. The third kappa shape index (κ3) is 7.06. The molecule has 0 bridgehead atoms. The van der Waals surface area contributed by atoms with Gasteiger partial charge in [-0.2, -0.15) is 0 Å². The van der Waals surface area contributed by atoms with Gasteiger partial charge in [-0.15, -0.1) is 11.6 Å². The van der Waals surface area contributed by atoms with Gasteiger partial charge >= 0.3 is 6.09 Å². The van der Waals surface area contributed by atoms with Crippen LogP contribution in [0.1, 0.15) is 38.2 Å². The minimum absolute atomic E-state index is 0.0582. The average Bonchev–Trinajstić information content (AvgIpc) is 2.96. The molecule has 1 aromatic carbocycles. The van der Waals surface area contributed by atoms with E-state index >= 15 is 0 Å². The number of imide groups is 1. The molecule has 30 heavy (non-hydrogen) atoms. The van der Waals surface area contributed by atoms with Crippen molar-refractivity contribution in [2.45, 2.75) is 55.9 Å². The molecule has 2 N–H and O–H groups in total. The number of alkyl halides is 1. The standard InChI is InChI=1S/C19H22Cl3N3O4S/c1-10(2)17-18(30-14-5-12(21)4-13(22)6-14)25(8-11(3)26)15(23-17)9-29-19(28)24-16(27)7-20/h4-6,10-11,26H,7-9H2,1-3H3,(H,24,27,28). The molecule has 2 rings (SSSR count). The molecular weight excluding hydrogens is 473 g/mol. The van der Waals surface area contributed by atoms with Crippen LogP contribution in [-0.2, 0) is 22.7 Å². The largest absolute Gasteiger partial charge is 0.441 e. The van der Waals surface area contributed by atoms with E-state index in [9.17, 15) is 14.7 Å². The van der Waals surface area contributed by atoms with Gasteiger partial charge in [0, 0.05) is 14.9 Å². The number of aromatic nitrogens is 2. The van der Waals surface area contributed by atoms with Crippen LogP contribution in [0.5, 0.6) is 0 Å². The molecule has 1 aromatic heterocycles. The van der Waals surface area contributed by atoms with E-state index in [1.54, 1.807) is 29.7 Å². The predicted octanol–water partition coefficient (Wildman–Crippen LogP) is 4.84. The zero-order valence-corrected chi connectivity index (χ0v) is 19.7. The van der Waals surface area contributed by atoms with Crippen LogP contribution in [-0.4, -0.2) is 38.6 Å². The van der Waals surface area contributed by atoms with Gasteiger partial charge in [0.25, 0.3) is 0 Å². The van der Waals surface area contributed by atoms with Crippen molar-refractivity contribution in [1.29, 1.82) is 0 Å². The molecular formula is C19H22Cl3N3O4S. The van der Waals surface area contributed by atoms with Crippen molar-refractivity contribution in [3.8, 4) is 0 Å². The third-order valence-electron chi connectivity index (χ3n) is 3.76. The second kappa shape index (κ2) is 11.2. The third-order valence-corrected chi connectivity index (χ3v) is 5.54. The van der Waals surface area contributed by atoms with E-state index in [-0.39, 0.29) is 24.9 Å². The molecule has 0 aliphatic carbocycles. The van der Waals surface area contributed by atoms with Crippen LogP contribution in [0, 0.1) is 0 Å². The van der Waals surface area contributed by atoms with Crippen LogP contribution < -0.4 is 5.32 Å². The highest BCUT2D eigenvalue weighted by molar-refractivity contribution is 7.99. The molecule has 2 aromatic rings. The number of carbonyl (C=O) groups is 2. The van der Waals surface area contributed by atoms with Crippen molar-refractivity contribution < 1.29 is 19.4 Å². The van der Waals surface area contributed by atoms with E-state index in [4.69, 9.17) is 39.5 Å². The van der Waals surface area contributed by atoms with Gasteiger partial charge < -0.3 is 14.4 Å². The molecule has 0 fully saturated rings. The number of ether oxygens (including phenoxy) is 1. The van der Waals surface area contributed by atoms with Gasteiger partial charge in [0.1, 0.15) is 16.7 Å². The summed E-state index contributed by atoms with van der Waals surface area (Å²) in [6, 6.07) is 5.20. The molecule has 1 atom stereocenters. The van der Waals surface area contributed by atoms with E-state index in [1.807, 2.05) is 19.2 Å². The number of hydrogen-bond donors (Lipinski definition) is 2. The number of carbonyl (C=O) groups excluding carboxylic acids is 2. The summed E-state index contributed by atoms with van der Waals surface area (Å²) < 4.78 is 6.90. The maximum Gasteiger partial charge on any atom is 0.414 e. The van der Waals surface area contributed by atoms with Crippen molar-refractivity contribution in [3.63, 3.8) is 0 Å². The Morgan fingerprint density at radius 3 is 2.40 bits per heavy atom. The summed E-state index contributed by atoms with van der Waals surface area (Å²) in [5, 5.41) is 13.8. The molecule has 0 aliphatic rings. The number of imidazole rings is 1. The number of alkyl carbamates (subject to hydrolysis) is 1. The van der Waals surface area contributed by atoms with Crippen LogP contribution in [0.2, 0.25) is 10.0 Å². The molecule has 0 spiro atoms. The summed E-state index contributed by atoms with van der Waals surface area (Å²) in [6.07, 6.45) is -1.60. The minimum atomic E-state index is -0.922. The molecule has 1 heterocycles. The molecule has 0 saturated carbocycles. The number of aliphatic hydroxyl groups excluding tert-OH is 1. The number of rotatable bonds is 8. The molecule has 0 radical (unpaired) electrons. The highest BCUT2D eigenvalue weighted by atomic mass is 35.5. The lowest BCUT2D eigenvalue weighted by molar-refractivity contribution is -0.118. The van der Waals surface area contributed by atoms with Crippen LogP contribution in [0.4, 0.5) is 4.79 Å². The van der Waals surface area contributed by atoms with Crippen molar-refractivity contribution in [1.82, 2.24) is 14.9 Å². The average molecular weight is 495 g/mol. The number of amides is 2.